The zero-order valence-corrected chi connectivity index (χ0v) is 13.6. The molecule has 11 heteroatoms. The van der Waals surface area contributed by atoms with Gasteiger partial charge in [-0.1, -0.05) is 16.4 Å². The van der Waals surface area contributed by atoms with Crippen LogP contribution in [0.2, 0.25) is 0 Å². The zero-order chi connectivity index (χ0) is 17.3. The number of nitrogens with zero attached hydrogens (tertiary/aromatic N) is 5. The summed E-state index contributed by atoms with van der Waals surface area (Å²) in [5.41, 5.74) is 8.77. The van der Waals surface area contributed by atoms with E-state index in [1.165, 1.54) is 7.11 Å². The summed E-state index contributed by atoms with van der Waals surface area (Å²) in [6.45, 7) is 2.23. The van der Waals surface area contributed by atoms with Crippen molar-refractivity contribution < 1.29 is 17.9 Å². The van der Waals surface area contributed by atoms with Gasteiger partial charge in [0.05, 0.1) is 19.5 Å². The summed E-state index contributed by atoms with van der Waals surface area (Å²) in [6.07, 6.45) is 0. The largest absolute Gasteiger partial charge is 0.493 e. The number of sulfone groups is 1. The number of azide groups is 1. The molecule has 2 N–H and O–H groups in total. The minimum Gasteiger partial charge on any atom is -0.493 e. The molecule has 0 aliphatic carbocycles. The van der Waals surface area contributed by atoms with Gasteiger partial charge in [0.2, 0.25) is 0 Å². The molecule has 23 heavy (non-hydrogen) atoms. The van der Waals surface area contributed by atoms with E-state index in [2.05, 4.69) is 20.4 Å². The fourth-order valence-corrected chi connectivity index (χ4v) is 2.93. The average Bonchev–Trinajstić information content (AvgIpc) is 2.53. The normalized spacial score (nSPS) is 12.6. The Kier molecular flexibility index (Phi) is 7.10. The molecule has 1 unspecified atom stereocenters. The minimum atomic E-state index is -3.66. The van der Waals surface area contributed by atoms with E-state index in [1.807, 2.05) is 6.92 Å². The Morgan fingerprint density at radius 3 is 2.70 bits per heavy atom. The Morgan fingerprint density at radius 1 is 1.39 bits per heavy atom. The van der Waals surface area contributed by atoms with Crippen LogP contribution in [0.1, 0.15) is 18.5 Å². The van der Waals surface area contributed by atoms with E-state index in [0.717, 1.165) is 0 Å². The van der Waals surface area contributed by atoms with Gasteiger partial charge in [-0.15, -0.1) is 0 Å². The minimum absolute atomic E-state index is 0.398. The van der Waals surface area contributed by atoms with Crippen LogP contribution in [0.15, 0.2) is 33.7 Å². The lowest BCUT2D eigenvalue weighted by atomic mass is 10.1. The third kappa shape index (κ3) is 5.64. The SMILES string of the molecule is CCOc1cc(C(CS(=O)(=O)CN=[N+]=[N-])N=NN)ccc1OC. The summed E-state index contributed by atoms with van der Waals surface area (Å²) < 4.78 is 34.5. The number of methoxy groups -OCH3 is 1. The van der Waals surface area contributed by atoms with Crippen molar-refractivity contribution in [1.29, 1.82) is 0 Å². The molecule has 0 saturated carbocycles. The lowest BCUT2D eigenvalue weighted by molar-refractivity contribution is 0.310. The molecule has 0 aliphatic heterocycles. The van der Waals surface area contributed by atoms with Crippen LogP contribution in [0.5, 0.6) is 11.5 Å². The molecule has 1 rings (SSSR count). The van der Waals surface area contributed by atoms with Gasteiger partial charge in [0.1, 0.15) is 11.9 Å². The molecule has 0 aromatic heterocycles. The van der Waals surface area contributed by atoms with Gasteiger partial charge < -0.3 is 15.3 Å². The molecule has 0 bridgehead atoms. The molecule has 1 atom stereocenters. The van der Waals surface area contributed by atoms with E-state index in [4.69, 9.17) is 20.8 Å². The molecule has 10 nitrogen and oxygen atoms in total. The van der Waals surface area contributed by atoms with Crippen LogP contribution in [0.4, 0.5) is 0 Å². The highest BCUT2D eigenvalue weighted by Gasteiger charge is 2.22. The van der Waals surface area contributed by atoms with E-state index in [9.17, 15) is 8.42 Å². The number of hydrogen-bond donors (Lipinski definition) is 1. The summed E-state index contributed by atoms with van der Waals surface area (Å²) in [6, 6.07) is 4.05. The van der Waals surface area contributed by atoms with E-state index in [-0.39, 0.29) is 0 Å². The van der Waals surface area contributed by atoms with Crippen molar-refractivity contribution in [2.45, 2.75) is 13.0 Å². The molecule has 0 amide bonds. The molecular weight excluding hydrogens is 324 g/mol. The van der Waals surface area contributed by atoms with Crippen molar-refractivity contribution in [3.05, 3.63) is 34.2 Å². The number of rotatable bonds is 9. The first-order valence-electron chi connectivity index (χ1n) is 6.59. The first kappa shape index (κ1) is 18.5. The molecule has 0 aliphatic rings. The quantitative estimate of drug-likeness (QED) is 0.239. The van der Waals surface area contributed by atoms with Gasteiger partial charge in [-0.05, 0) is 30.2 Å². The zero-order valence-electron chi connectivity index (χ0n) is 12.8. The van der Waals surface area contributed by atoms with Gasteiger partial charge >= 0.3 is 0 Å². The highest BCUT2D eigenvalue weighted by atomic mass is 32.2. The van der Waals surface area contributed by atoms with Crippen LogP contribution in [0.3, 0.4) is 0 Å². The lowest BCUT2D eigenvalue weighted by Gasteiger charge is -2.15. The van der Waals surface area contributed by atoms with Gasteiger partial charge in [-0.2, -0.15) is 5.11 Å². The molecule has 0 radical (unpaired) electrons. The summed E-state index contributed by atoms with van der Waals surface area (Å²) in [5.74, 6) is 4.97. The van der Waals surface area contributed by atoms with Crippen molar-refractivity contribution in [3.63, 3.8) is 0 Å². The van der Waals surface area contributed by atoms with Gasteiger partial charge in [0.25, 0.3) is 0 Å². The highest BCUT2D eigenvalue weighted by Crippen LogP contribution is 2.32. The van der Waals surface area contributed by atoms with E-state index >= 15 is 0 Å². The smallest absolute Gasteiger partial charge is 0.161 e. The summed E-state index contributed by atoms with van der Waals surface area (Å²) in [5, 5.41) is 9.99. The van der Waals surface area contributed by atoms with Crippen molar-refractivity contribution in [3.8, 4) is 11.5 Å². The molecule has 0 heterocycles. The van der Waals surface area contributed by atoms with E-state index < -0.39 is 27.5 Å². The first-order chi connectivity index (χ1) is 11.0. The maximum absolute atomic E-state index is 11.9. The Labute approximate surface area is 133 Å². The average molecular weight is 342 g/mol. The van der Waals surface area contributed by atoms with Crippen LogP contribution in [0.25, 0.3) is 10.4 Å². The van der Waals surface area contributed by atoms with Crippen LogP contribution >= 0.6 is 0 Å². The predicted molar refractivity (Wildman–Crippen MR) is 83.7 cm³/mol. The topological polar surface area (TPSA) is 152 Å². The number of nitrogens with two attached hydrogens (primary N) is 1. The molecule has 1 aromatic rings. The second-order valence-electron chi connectivity index (χ2n) is 4.36. The Bertz CT molecular complexity index is 700. The highest BCUT2D eigenvalue weighted by molar-refractivity contribution is 7.91. The summed E-state index contributed by atoms with van der Waals surface area (Å²) in [4.78, 5) is 2.44. The van der Waals surface area contributed by atoms with E-state index in [0.29, 0.717) is 23.7 Å². The van der Waals surface area contributed by atoms with Gasteiger partial charge in [0.15, 0.2) is 21.3 Å². The molecule has 1 aromatic carbocycles. The fourth-order valence-electron chi connectivity index (χ4n) is 1.85. The van der Waals surface area contributed by atoms with E-state index in [1.54, 1.807) is 18.2 Å². The summed E-state index contributed by atoms with van der Waals surface area (Å²) in [7, 11) is -2.16. The van der Waals surface area contributed by atoms with Crippen molar-refractivity contribution >= 4 is 9.84 Å². The maximum atomic E-state index is 11.9. The first-order valence-corrected chi connectivity index (χ1v) is 8.41. The predicted octanol–water partition coefficient (Wildman–Crippen LogP) is 2.14. The van der Waals surface area contributed by atoms with Crippen LogP contribution in [-0.2, 0) is 9.84 Å². The van der Waals surface area contributed by atoms with Gasteiger partial charge in [-0.25, -0.2) is 8.42 Å². The molecule has 0 spiro atoms. The number of ether oxygens (including phenoxy) is 2. The standard InChI is InChI=1S/C12H18N6O4S/c1-3-22-12-6-9(4-5-11(12)21-2)10(16-18-14)7-23(19,20)8-15-17-13/h4-6,10H,3,7-8H2,1-2H3,(H2,14,16). The van der Waals surface area contributed by atoms with Gasteiger partial charge in [-0.3, -0.25) is 0 Å². The number of benzene rings is 1. The van der Waals surface area contributed by atoms with Crippen molar-refractivity contribution in [1.82, 2.24) is 0 Å². The number of hydrogen-bond acceptors (Lipinski definition) is 7. The Hall–Kier alpha value is -2.52. The van der Waals surface area contributed by atoms with Crippen molar-refractivity contribution in [2.24, 2.45) is 21.3 Å². The third-order valence-corrected chi connectivity index (χ3v) is 4.14. The monoisotopic (exact) mass is 342 g/mol. The fraction of sp³-hybridized carbons (Fsp3) is 0.500. The van der Waals surface area contributed by atoms with Crippen LogP contribution < -0.4 is 15.3 Å². The van der Waals surface area contributed by atoms with Crippen LogP contribution in [-0.4, -0.2) is 33.8 Å². The molecule has 126 valence electrons. The molecule has 0 fully saturated rings. The lowest BCUT2D eigenvalue weighted by Crippen LogP contribution is -2.16. The summed E-state index contributed by atoms with van der Waals surface area (Å²) >= 11 is 0. The molecule has 0 saturated heterocycles. The van der Waals surface area contributed by atoms with Crippen LogP contribution in [0, 0.1) is 0 Å². The second-order valence-corrected chi connectivity index (χ2v) is 6.44. The van der Waals surface area contributed by atoms with Gasteiger partial charge in [0, 0.05) is 4.91 Å². The molecular formula is C12H18N6O4S. The Morgan fingerprint density at radius 2 is 2.13 bits per heavy atom. The third-order valence-electron chi connectivity index (χ3n) is 2.81. The second kappa shape index (κ2) is 8.81. The Balaban J connectivity index is 3.15. The van der Waals surface area contributed by atoms with Crippen molar-refractivity contribution in [2.75, 3.05) is 25.3 Å². The maximum Gasteiger partial charge on any atom is 0.161 e.